The number of aryl methyl sites for hydroxylation is 2. The van der Waals surface area contributed by atoms with Gasteiger partial charge in [0.1, 0.15) is 12.4 Å². The third kappa shape index (κ3) is 3.54. The molecule has 106 valence electrons. The van der Waals surface area contributed by atoms with Gasteiger partial charge in [-0.25, -0.2) is 0 Å². The molecule has 0 fully saturated rings. The largest absolute Gasteiger partial charge is 0.491 e. The van der Waals surface area contributed by atoms with Crippen molar-refractivity contribution < 1.29 is 4.74 Å². The molecule has 0 aromatic heterocycles. The Morgan fingerprint density at radius 1 is 1.00 bits per heavy atom. The predicted octanol–water partition coefficient (Wildman–Crippen LogP) is 4.87. The third-order valence-corrected chi connectivity index (χ3v) is 4.10. The number of rotatable bonds is 5. The number of para-hydroxylation sites is 1. The Balaban J connectivity index is 1.91. The van der Waals surface area contributed by atoms with E-state index in [0.717, 1.165) is 22.5 Å². The minimum absolute atomic E-state index is 0.645. The molecule has 0 saturated carbocycles. The van der Waals surface area contributed by atoms with Gasteiger partial charge in [-0.3, -0.25) is 0 Å². The van der Waals surface area contributed by atoms with Gasteiger partial charge < -0.3 is 10.1 Å². The molecule has 3 heteroatoms. The minimum atomic E-state index is 0.645. The average molecular weight is 334 g/mol. The molecule has 0 aliphatic carbocycles. The van der Waals surface area contributed by atoms with Crippen LogP contribution in [0.25, 0.3) is 0 Å². The zero-order valence-electron chi connectivity index (χ0n) is 12.2. The van der Waals surface area contributed by atoms with Crippen molar-refractivity contribution in [1.82, 2.24) is 0 Å². The summed E-state index contributed by atoms with van der Waals surface area (Å²) in [6.07, 6.45) is 0. The average Bonchev–Trinajstić information content (AvgIpc) is 2.44. The van der Waals surface area contributed by atoms with Crippen molar-refractivity contribution in [3.63, 3.8) is 0 Å². The first-order valence-electron chi connectivity index (χ1n) is 6.77. The fraction of sp³-hybridized carbons (Fsp3) is 0.294. The molecular formula is C17H20BrNO. The van der Waals surface area contributed by atoms with E-state index in [2.05, 4.69) is 54.2 Å². The fourth-order valence-corrected chi connectivity index (χ4v) is 2.52. The molecule has 20 heavy (non-hydrogen) atoms. The van der Waals surface area contributed by atoms with Crippen LogP contribution in [-0.2, 0) is 0 Å². The second-order valence-electron chi connectivity index (χ2n) is 4.91. The van der Waals surface area contributed by atoms with Crippen molar-refractivity contribution in [3.05, 3.63) is 57.6 Å². The Labute approximate surface area is 129 Å². The summed E-state index contributed by atoms with van der Waals surface area (Å²) in [6.45, 7) is 7.73. The predicted molar refractivity (Wildman–Crippen MR) is 88.8 cm³/mol. The number of ether oxygens (including phenoxy) is 1. The summed E-state index contributed by atoms with van der Waals surface area (Å²) in [5.41, 5.74) is 4.78. The lowest BCUT2D eigenvalue weighted by molar-refractivity contribution is 0.328. The molecule has 2 aromatic rings. The second-order valence-corrected chi connectivity index (χ2v) is 5.76. The second kappa shape index (κ2) is 6.80. The summed E-state index contributed by atoms with van der Waals surface area (Å²) < 4.78 is 7.00. The summed E-state index contributed by atoms with van der Waals surface area (Å²) in [4.78, 5) is 0. The Morgan fingerprint density at radius 2 is 1.70 bits per heavy atom. The van der Waals surface area contributed by atoms with Gasteiger partial charge in [-0.1, -0.05) is 24.3 Å². The van der Waals surface area contributed by atoms with Crippen LogP contribution in [0.3, 0.4) is 0 Å². The Hall–Kier alpha value is -1.48. The molecule has 0 bridgehead atoms. The number of hydrogen-bond acceptors (Lipinski definition) is 2. The first-order chi connectivity index (χ1) is 9.59. The number of benzene rings is 2. The Kier molecular flexibility index (Phi) is 5.07. The Bertz CT molecular complexity index is 596. The topological polar surface area (TPSA) is 21.3 Å². The molecule has 0 unspecified atom stereocenters. The molecule has 2 nitrogen and oxygen atoms in total. The van der Waals surface area contributed by atoms with E-state index in [4.69, 9.17) is 4.74 Å². The van der Waals surface area contributed by atoms with Gasteiger partial charge in [0.25, 0.3) is 0 Å². The maximum absolute atomic E-state index is 5.93. The number of nitrogens with one attached hydrogen (secondary N) is 1. The molecule has 0 heterocycles. The van der Waals surface area contributed by atoms with Crippen LogP contribution >= 0.6 is 15.9 Å². The van der Waals surface area contributed by atoms with Gasteiger partial charge in [0.2, 0.25) is 0 Å². The monoisotopic (exact) mass is 333 g/mol. The van der Waals surface area contributed by atoms with Gasteiger partial charge in [-0.15, -0.1) is 0 Å². The molecule has 2 aromatic carbocycles. The maximum Gasteiger partial charge on any atom is 0.125 e. The lowest BCUT2D eigenvalue weighted by Crippen LogP contribution is -2.13. The fourth-order valence-electron chi connectivity index (χ4n) is 2.09. The van der Waals surface area contributed by atoms with Crippen LogP contribution in [0.5, 0.6) is 5.75 Å². The van der Waals surface area contributed by atoms with E-state index < -0.39 is 0 Å². The van der Waals surface area contributed by atoms with Crippen molar-refractivity contribution in [1.29, 1.82) is 0 Å². The maximum atomic E-state index is 5.93. The van der Waals surface area contributed by atoms with E-state index in [-0.39, 0.29) is 0 Å². The van der Waals surface area contributed by atoms with Crippen LogP contribution in [0.1, 0.15) is 16.7 Å². The van der Waals surface area contributed by atoms with Crippen molar-refractivity contribution in [2.24, 2.45) is 0 Å². The standard InChI is InChI=1S/C17H20BrNO/c1-12-8-9-13(2)17(14(12)3)20-11-10-19-16-7-5-4-6-15(16)18/h4-9,19H,10-11H2,1-3H3. The first kappa shape index (κ1) is 14.9. The third-order valence-electron chi connectivity index (χ3n) is 3.41. The molecule has 0 atom stereocenters. The van der Waals surface area contributed by atoms with E-state index in [1.807, 2.05) is 24.3 Å². The van der Waals surface area contributed by atoms with Crippen LogP contribution in [0.4, 0.5) is 5.69 Å². The van der Waals surface area contributed by atoms with Crippen molar-refractivity contribution in [3.8, 4) is 5.75 Å². The molecule has 0 radical (unpaired) electrons. The lowest BCUT2D eigenvalue weighted by atomic mass is 10.1. The zero-order valence-corrected chi connectivity index (χ0v) is 13.8. The van der Waals surface area contributed by atoms with E-state index in [9.17, 15) is 0 Å². The highest BCUT2D eigenvalue weighted by Crippen LogP contribution is 2.25. The summed E-state index contributed by atoms with van der Waals surface area (Å²) in [5, 5.41) is 3.36. The number of anilines is 1. The number of hydrogen-bond donors (Lipinski definition) is 1. The summed E-state index contributed by atoms with van der Waals surface area (Å²) in [7, 11) is 0. The van der Waals surface area contributed by atoms with Gasteiger partial charge in [0.05, 0.1) is 0 Å². The van der Waals surface area contributed by atoms with Crippen LogP contribution in [0, 0.1) is 20.8 Å². The molecular weight excluding hydrogens is 314 g/mol. The lowest BCUT2D eigenvalue weighted by Gasteiger charge is -2.15. The zero-order chi connectivity index (χ0) is 14.5. The van der Waals surface area contributed by atoms with E-state index in [0.29, 0.717) is 6.61 Å². The van der Waals surface area contributed by atoms with Gasteiger partial charge >= 0.3 is 0 Å². The van der Waals surface area contributed by atoms with Crippen LogP contribution in [0.2, 0.25) is 0 Å². The van der Waals surface area contributed by atoms with E-state index in [1.165, 1.54) is 16.7 Å². The molecule has 1 N–H and O–H groups in total. The molecule has 0 aliphatic heterocycles. The Morgan fingerprint density at radius 3 is 2.45 bits per heavy atom. The van der Waals surface area contributed by atoms with Crippen molar-refractivity contribution in [2.45, 2.75) is 20.8 Å². The van der Waals surface area contributed by atoms with Gasteiger partial charge in [0, 0.05) is 16.7 Å². The normalized spacial score (nSPS) is 10.4. The van der Waals surface area contributed by atoms with Gasteiger partial charge in [0.15, 0.2) is 0 Å². The molecule has 0 saturated heterocycles. The summed E-state index contributed by atoms with van der Waals surface area (Å²) >= 11 is 3.52. The van der Waals surface area contributed by atoms with Gasteiger partial charge in [-0.2, -0.15) is 0 Å². The van der Waals surface area contributed by atoms with Crippen molar-refractivity contribution in [2.75, 3.05) is 18.5 Å². The SMILES string of the molecule is Cc1ccc(C)c(OCCNc2ccccc2Br)c1C. The molecule has 0 spiro atoms. The minimum Gasteiger partial charge on any atom is -0.491 e. The highest BCUT2D eigenvalue weighted by molar-refractivity contribution is 9.10. The highest BCUT2D eigenvalue weighted by Gasteiger charge is 2.06. The van der Waals surface area contributed by atoms with Crippen LogP contribution < -0.4 is 10.1 Å². The summed E-state index contributed by atoms with van der Waals surface area (Å²) in [5.74, 6) is 1.01. The number of halogens is 1. The van der Waals surface area contributed by atoms with Crippen LogP contribution in [-0.4, -0.2) is 13.2 Å². The smallest absolute Gasteiger partial charge is 0.125 e. The van der Waals surface area contributed by atoms with Crippen LogP contribution in [0.15, 0.2) is 40.9 Å². The highest BCUT2D eigenvalue weighted by atomic mass is 79.9. The molecule has 2 rings (SSSR count). The molecule has 0 amide bonds. The van der Waals surface area contributed by atoms with Crippen molar-refractivity contribution >= 4 is 21.6 Å². The van der Waals surface area contributed by atoms with Gasteiger partial charge in [-0.05, 0) is 65.5 Å². The van der Waals surface area contributed by atoms with E-state index in [1.54, 1.807) is 0 Å². The summed E-state index contributed by atoms with van der Waals surface area (Å²) in [6, 6.07) is 12.3. The first-order valence-corrected chi connectivity index (χ1v) is 7.57. The molecule has 0 aliphatic rings. The quantitative estimate of drug-likeness (QED) is 0.788. The van der Waals surface area contributed by atoms with E-state index >= 15 is 0 Å².